The van der Waals surface area contributed by atoms with Crippen molar-refractivity contribution in [3.63, 3.8) is 0 Å². The van der Waals surface area contributed by atoms with Crippen LogP contribution in [0.4, 0.5) is 5.69 Å². The highest BCUT2D eigenvalue weighted by Gasteiger charge is 2.03. The highest BCUT2D eigenvalue weighted by molar-refractivity contribution is 8.82. The molecule has 0 aliphatic carbocycles. The third kappa shape index (κ3) is 11.6. The van der Waals surface area contributed by atoms with Crippen LogP contribution in [0.5, 0.6) is 0 Å². The maximum absolute atomic E-state index is 5.40. The van der Waals surface area contributed by atoms with Gasteiger partial charge in [-0.25, -0.2) is 4.99 Å². The molecule has 0 heterocycles. The molecule has 2 nitrogen and oxygen atoms in total. The van der Waals surface area contributed by atoms with Gasteiger partial charge in [0.25, 0.3) is 5.23 Å². The summed E-state index contributed by atoms with van der Waals surface area (Å²) in [4.78, 5) is 4.60. The number of rotatable bonds is 13. The van der Waals surface area contributed by atoms with Gasteiger partial charge in [0.1, 0.15) is 0 Å². The van der Waals surface area contributed by atoms with E-state index in [1.54, 1.807) is 17.9 Å². The van der Waals surface area contributed by atoms with Gasteiger partial charge < -0.3 is 4.74 Å². The average Bonchev–Trinajstić information content (AvgIpc) is 2.63. The monoisotopic (exact) mass is 381 g/mol. The van der Waals surface area contributed by atoms with Crippen LogP contribution in [0.15, 0.2) is 29.3 Å². The topological polar surface area (TPSA) is 21.6 Å². The molecule has 0 aliphatic heterocycles. The van der Waals surface area contributed by atoms with Crippen molar-refractivity contribution in [3.8, 4) is 0 Å². The molecule has 0 atom stereocenters. The number of aliphatic imine (C=N–C) groups is 1. The van der Waals surface area contributed by atoms with E-state index < -0.39 is 0 Å². The van der Waals surface area contributed by atoms with Crippen molar-refractivity contribution in [2.24, 2.45) is 4.99 Å². The number of unbranched alkanes of at least 4 members (excludes halogenated alkanes) is 9. The molecule has 25 heavy (non-hydrogen) atoms. The minimum Gasteiger partial charge on any atom is -0.476 e. The number of hydrogen-bond acceptors (Lipinski definition) is 4. The van der Waals surface area contributed by atoms with Gasteiger partial charge in [-0.15, -0.1) is 0 Å². The maximum atomic E-state index is 5.40. The van der Waals surface area contributed by atoms with Gasteiger partial charge in [-0.2, -0.15) is 0 Å². The Labute approximate surface area is 163 Å². The first-order valence-electron chi connectivity index (χ1n) is 9.75. The van der Waals surface area contributed by atoms with Crippen LogP contribution in [-0.4, -0.2) is 18.1 Å². The molecule has 4 heteroatoms. The van der Waals surface area contributed by atoms with E-state index in [2.05, 4.69) is 24.9 Å². The number of nitrogens with zero attached hydrogens (tertiary/aromatic N) is 1. The lowest BCUT2D eigenvalue weighted by Crippen LogP contribution is -1.93. The van der Waals surface area contributed by atoms with E-state index in [1.165, 1.54) is 69.8 Å². The summed E-state index contributed by atoms with van der Waals surface area (Å²) in [5.74, 6) is 1.16. The molecule has 1 rings (SSSR count). The lowest BCUT2D eigenvalue weighted by molar-refractivity contribution is 0.417. The van der Waals surface area contributed by atoms with E-state index in [9.17, 15) is 0 Å². The summed E-state index contributed by atoms with van der Waals surface area (Å²) in [6.07, 6.45) is 13.9. The molecule has 0 unspecified atom stereocenters. The average molecular weight is 382 g/mol. The van der Waals surface area contributed by atoms with Crippen molar-refractivity contribution in [2.45, 2.75) is 78.1 Å². The Kier molecular flexibility index (Phi) is 14.0. The third-order valence-electron chi connectivity index (χ3n) is 4.21. The molecule has 0 saturated carbocycles. The SMILES string of the molecule is CCCCCCCCCCCCSSC(=Nc1ccccc1C)OC. The Hall–Kier alpha value is -0.610. The van der Waals surface area contributed by atoms with Crippen molar-refractivity contribution in [1.29, 1.82) is 0 Å². The zero-order valence-electron chi connectivity index (χ0n) is 16.3. The number of benzene rings is 1. The Balaban J connectivity index is 2.04. The van der Waals surface area contributed by atoms with Crippen LogP contribution >= 0.6 is 21.6 Å². The van der Waals surface area contributed by atoms with Gasteiger partial charge in [-0.3, -0.25) is 0 Å². The quantitative estimate of drug-likeness (QED) is 0.150. The summed E-state index contributed by atoms with van der Waals surface area (Å²) in [5, 5.41) is 0.742. The molecular weight excluding hydrogens is 346 g/mol. The van der Waals surface area contributed by atoms with Crippen LogP contribution in [-0.2, 0) is 4.74 Å². The van der Waals surface area contributed by atoms with Gasteiger partial charge >= 0.3 is 0 Å². The second-order valence-electron chi connectivity index (χ2n) is 6.46. The summed E-state index contributed by atoms with van der Waals surface area (Å²) in [7, 11) is 5.20. The van der Waals surface area contributed by atoms with Gasteiger partial charge in [0.15, 0.2) is 0 Å². The standard InChI is InChI=1S/C21H35NOS2/c1-4-5-6-7-8-9-10-11-12-15-18-24-25-21(23-3)22-20-17-14-13-16-19(20)2/h13-14,16-17H,4-12,15,18H2,1-3H3. The van der Waals surface area contributed by atoms with Crippen LogP contribution in [0.2, 0.25) is 0 Å². The Morgan fingerprint density at radius 2 is 1.52 bits per heavy atom. The molecule has 0 aromatic heterocycles. The Morgan fingerprint density at radius 3 is 2.12 bits per heavy atom. The normalized spacial score (nSPS) is 11.7. The predicted octanol–water partition coefficient (Wildman–Crippen LogP) is 7.93. The minimum absolute atomic E-state index is 0.742. The van der Waals surface area contributed by atoms with Crippen molar-refractivity contribution < 1.29 is 4.74 Å². The molecule has 1 aromatic carbocycles. The first kappa shape index (κ1) is 22.4. The van der Waals surface area contributed by atoms with Gasteiger partial charge in [-0.1, -0.05) is 93.7 Å². The fourth-order valence-electron chi connectivity index (χ4n) is 2.63. The minimum atomic E-state index is 0.742. The Morgan fingerprint density at radius 1 is 0.920 bits per heavy atom. The molecule has 0 spiro atoms. The smallest absolute Gasteiger partial charge is 0.261 e. The summed E-state index contributed by atoms with van der Waals surface area (Å²) < 4.78 is 5.40. The molecule has 0 amide bonds. The van der Waals surface area contributed by atoms with E-state index in [1.807, 2.05) is 29.0 Å². The van der Waals surface area contributed by atoms with Crippen LogP contribution < -0.4 is 0 Å². The first-order valence-corrected chi connectivity index (χ1v) is 12.1. The van der Waals surface area contributed by atoms with Crippen molar-refractivity contribution in [3.05, 3.63) is 29.8 Å². The van der Waals surface area contributed by atoms with Crippen LogP contribution in [0.1, 0.15) is 76.7 Å². The van der Waals surface area contributed by atoms with E-state index in [0.29, 0.717) is 0 Å². The summed E-state index contributed by atoms with van der Waals surface area (Å²) in [5.41, 5.74) is 2.17. The number of methoxy groups -OCH3 is 1. The first-order chi connectivity index (χ1) is 12.3. The molecule has 0 fully saturated rings. The Bertz CT molecular complexity index is 477. The van der Waals surface area contributed by atoms with Gasteiger partial charge in [0.05, 0.1) is 12.8 Å². The number of hydrogen-bond donors (Lipinski definition) is 0. The van der Waals surface area contributed by atoms with E-state index in [0.717, 1.165) is 16.7 Å². The lowest BCUT2D eigenvalue weighted by atomic mass is 10.1. The van der Waals surface area contributed by atoms with Crippen molar-refractivity contribution in [1.82, 2.24) is 0 Å². The van der Waals surface area contributed by atoms with Crippen molar-refractivity contribution in [2.75, 3.05) is 12.9 Å². The molecule has 0 radical (unpaired) electrons. The number of ether oxygens (including phenoxy) is 1. The van der Waals surface area contributed by atoms with E-state index in [-0.39, 0.29) is 0 Å². The largest absolute Gasteiger partial charge is 0.476 e. The molecular formula is C21H35NOS2. The molecule has 0 N–H and O–H groups in total. The lowest BCUT2D eigenvalue weighted by Gasteiger charge is -2.06. The summed E-state index contributed by atoms with van der Waals surface area (Å²) >= 11 is 0. The summed E-state index contributed by atoms with van der Waals surface area (Å²) in [6, 6.07) is 8.16. The maximum Gasteiger partial charge on any atom is 0.261 e. The fourth-order valence-corrected chi connectivity index (χ4v) is 4.56. The second-order valence-corrected chi connectivity index (χ2v) is 8.82. The summed E-state index contributed by atoms with van der Waals surface area (Å²) in [6.45, 7) is 4.36. The van der Waals surface area contributed by atoms with Gasteiger partial charge in [-0.05, 0) is 25.0 Å². The van der Waals surface area contributed by atoms with Crippen LogP contribution in [0, 0.1) is 6.92 Å². The van der Waals surface area contributed by atoms with Crippen LogP contribution in [0.3, 0.4) is 0 Å². The second kappa shape index (κ2) is 15.6. The van der Waals surface area contributed by atoms with Crippen molar-refractivity contribution >= 4 is 32.5 Å². The van der Waals surface area contributed by atoms with E-state index >= 15 is 0 Å². The molecule has 142 valence electrons. The number of aryl methyl sites for hydroxylation is 1. The molecule has 1 aromatic rings. The number of para-hydroxylation sites is 1. The van der Waals surface area contributed by atoms with E-state index in [4.69, 9.17) is 4.74 Å². The molecule has 0 saturated heterocycles. The fraction of sp³-hybridized carbons (Fsp3) is 0.667. The van der Waals surface area contributed by atoms with Gasteiger partial charge in [0.2, 0.25) is 0 Å². The molecule has 0 aliphatic rings. The van der Waals surface area contributed by atoms with Crippen LogP contribution in [0.25, 0.3) is 0 Å². The highest BCUT2D eigenvalue weighted by atomic mass is 33.1. The zero-order valence-corrected chi connectivity index (χ0v) is 17.9. The highest BCUT2D eigenvalue weighted by Crippen LogP contribution is 2.28. The zero-order chi connectivity index (χ0) is 18.2. The predicted molar refractivity (Wildman–Crippen MR) is 117 cm³/mol. The molecule has 0 bridgehead atoms. The third-order valence-corrected chi connectivity index (χ3v) is 6.47. The van der Waals surface area contributed by atoms with Gasteiger partial charge in [0, 0.05) is 16.5 Å².